The second kappa shape index (κ2) is 7.42. The summed E-state index contributed by atoms with van der Waals surface area (Å²) < 4.78 is 5.40. The SMILES string of the molecule is CN(C)c1noc([C@H]2CCCN2C(=O)Nc2cccnc2N2CCCC2)n1. The van der Waals surface area contributed by atoms with E-state index in [1.165, 1.54) is 0 Å². The second-order valence-electron chi connectivity index (χ2n) is 7.18. The maximum Gasteiger partial charge on any atom is 0.322 e. The van der Waals surface area contributed by atoms with Crippen LogP contribution < -0.4 is 15.1 Å². The van der Waals surface area contributed by atoms with Crippen molar-refractivity contribution in [2.75, 3.05) is 48.8 Å². The summed E-state index contributed by atoms with van der Waals surface area (Å²) >= 11 is 0. The van der Waals surface area contributed by atoms with Gasteiger partial charge in [-0.05, 0) is 43.0 Å². The minimum Gasteiger partial charge on any atom is -0.355 e. The third-order valence-electron chi connectivity index (χ3n) is 5.06. The van der Waals surface area contributed by atoms with Crippen molar-refractivity contribution in [3.05, 3.63) is 24.2 Å². The van der Waals surface area contributed by atoms with Crippen molar-refractivity contribution >= 4 is 23.5 Å². The van der Waals surface area contributed by atoms with Gasteiger partial charge >= 0.3 is 6.03 Å². The fourth-order valence-corrected chi connectivity index (χ4v) is 3.67. The van der Waals surface area contributed by atoms with Gasteiger partial charge < -0.3 is 24.5 Å². The monoisotopic (exact) mass is 371 g/mol. The third kappa shape index (κ3) is 3.54. The predicted octanol–water partition coefficient (Wildman–Crippen LogP) is 2.50. The van der Waals surface area contributed by atoms with Crippen LogP contribution in [0.2, 0.25) is 0 Å². The third-order valence-corrected chi connectivity index (χ3v) is 5.06. The van der Waals surface area contributed by atoms with Gasteiger partial charge in [0.2, 0.25) is 0 Å². The average molecular weight is 371 g/mol. The zero-order valence-electron chi connectivity index (χ0n) is 15.8. The molecule has 27 heavy (non-hydrogen) atoms. The van der Waals surface area contributed by atoms with Crippen LogP contribution in [0.5, 0.6) is 0 Å². The molecule has 0 spiro atoms. The number of hydrogen-bond acceptors (Lipinski definition) is 7. The molecule has 2 aliphatic rings. The zero-order chi connectivity index (χ0) is 18.8. The Labute approximate surface area is 158 Å². The Bertz CT molecular complexity index is 801. The molecule has 1 N–H and O–H groups in total. The summed E-state index contributed by atoms with van der Waals surface area (Å²) in [6.07, 6.45) is 5.80. The molecule has 2 aromatic rings. The van der Waals surface area contributed by atoms with Crippen LogP contribution in [0, 0.1) is 0 Å². The molecule has 0 bridgehead atoms. The topological polar surface area (TPSA) is 90.6 Å². The highest BCUT2D eigenvalue weighted by molar-refractivity contribution is 5.92. The average Bonchev–Trinajstić information content (AvgIpc) is 3.41. The summed E-state index contributed by atoms with van der Waals surface area (Å²) in [6.45, 7) is 2.61. The van der Waals surface area contributed by atoms with E-state index in [2.05, 4.69) is 25.3 Å². The fraction of sp³-hybridized carbons (Fsp3) is 0.556. The van der Waals surface area contributed by atoms with Crippen molar-refractivity contribution in [2.45, 2.75) is 31.7 Å². The maximum atomic E-state index is 13.0. The number of anilines is 3. The number of rotatable bonds is 4. The smallest absolute Gasteiger partial charge is 0.322 e. The standard InChI is InChI=1S/C18H25N7O2/c1-23(2)17-21-16(27-22-17)14-8-6-12-25(14)18(26)20-13-7-5-9-19-15(13)24-10-3-4-11-24/h5,7,9,14H,3-4,6,8,10-12H2,1-2H3,(H,20,26)/t14-/m1/s1. The molecule has 9 nitrogen and oxygen atoms in total. The van der Waals surface area contributed by atoms with Gasteiger partial charge in [0.1, 0.15) is 6.04 Å². The zero-order valence-corrected chi connectivity index (χ0v) is 15.8. The number of hydrogen-bond donors (Lipinski definition) is 1. The van der Waals surface area contributed by atoms with Crippen molar-refractivity contribution in [2.24, 2.45) is 0 Å². The van der Waals surface area contributed by atoms with Crippen LogP contribution >= 0.6 is 0 Å². The number of nitrogens with zero attached hydrogens (tertiary/aromatic N) is 6. The lowest BCUT2D eigenvalue weighted by molar-refractivity contribution is 0.193. The number of likely N-dealkylation sites (tertiary alicyclic amines) is 1. The number of carbonyl (C=O) groups is 1. The molecular weight excluding hydrogens is 346 g/mol. The summed E-state index contributed by atoms with van der Waals surface area (Å²) in [4.78, 5) is 27.7. The highest BCUT2D eigenvalue weighted by atomic mass is 16.5. The van der Waals surface area contributed by atoms with Gasteiger partial charge in [-0.15, -0.1) is 0 Å². The minimum atomic E-state index is -0.196. The first-order valence-electron chi connectivity index (χ1n) is 9.42. The van der Waals surface area contributed by atoms with E-state index in [0.29, 0.717) is 18.4 Å². The molecule has 4 rings (SSSR count). The molecule has 1 atom stereocenters. The van der Waals surface area contributed by atoms with Crippen molar-refractivity contribution in [3.8, 4) is 0 Å². The van der Waals surface area contributed by atoms with Crippen LogP contribution in [0.1, 0.15) is 37.6 Å². The summed E-state index contributed by atoms with van der Waals surface area (Å²) in [5.74, 6) is 1.84. The van der Waals surface area contributed by atoms with Crippen molar-refractivity contribution in [3.63, 3.8) is 0 Å². The summed E-state index contributed by atoms with van der Waals surface area (Å²) in [5, 5.41) is 7.01. The molecule has 9 heteroatoms. The Kier molecular flexibility index (Phi) is 4.83. The van der Waals surface area contributed by atoms with Crippen LogP contribution in [0.3, 0.4) is 0 Å². The minimum absolute atomic E-state index is 0.157. The lowest BCUT2D eigenvalue weighted by Gasteiger charge is -2.24. The number of aromatic nitrogens is 3. The molecular formula is C18H25N7O2. The van der Waals surface area contributed by atoms with Gasteiger partial charge in [-0.3, -0.25) is 0 Å². The second-order valence-corrected chi connectivity index (χ2v) is 7.18. The van der Waals surface area contributed by atoms with Crippen molar-refractivity contribution in [1.82, 2.24) is 20.0 Å². The fourth-order valence-electron chi connectivity index (χ4n) is 3.67. The molecule has 2 aromatic heterocycles. The molecule has 144 valence electrons. The van der Waals surface area contributed by atoms with Gasteiger partial charge in [-0.25, -0.2) is 9.78 Å². The Balaban J connectivity index is 1.50. The van der Waals surface area contributed by atoms with E-state index in [0.717, 1.165) is 50.3 Å². The molecule has 4 heterocycles. The van der Waals surface area contributed by atoms with E-state index in [4.69, 9.17) is 4.52 Å². The summed E-state index contributed by atoms with van der Waals surface area (Å²) in [7, 11) is 3.71. The van der Waals surface area contributed by atoms with Gasteiger partial charge in [-0.2, -0.15) is 4.98 Å². The van der Waals surface area contributed by atoms with E-state index in [-0.39, 0.29) is 12.1 Å². The Hall–Kier alpha value is -2.84. The summed E-state index contributed by atoms with van der Waals surface area (Å²) in [5.41, 5.74) is 0.745. The van der Waals surface area contributed by atoms with E-state index < -0.39 is 0 Å². The van der Waals surface area contributed by atoms with Gasteiger partial charge in [0, 0.05) is 39.9 Å². The van der Waals surface area contributed by atoms with Gasteiger partial charge in [0.05, 0.1) is 5.69 Å². The molecule has 0 radical (unpaired) electrons. The molecule has 0 aliphatic carbocycles. The first-order chi connectivity index (χ1) is 13.1. The number of carbonyl (C=O) groups excluding carboxylic acids is 1. The molecule has 2 aliphatic heterocycles. The Morgan fingerprint density at radius 1 is 1.26 bits per heavy atom. The molecule has 2 fully saturated rings. The van der Waals surface area contributed by atoms with E-state index in [1.54, 1.807) is 16.0 Å². The normalized spacial score (nSPS) is 19.6. The predicted molar refractivity (Wildman–Crippen MR) is 102 cm³/mol. The lowest BCUT2D eigenvalue weighted by Crippen LogP contribution is -2.35. The molecule has 0 aromatic carbocycles. The van der Waals surface area contributed by atoms with Crippen LogP contribution in [0.25, 0.3) is 0 Å². The summed E-state index contributed by atoms with van der Waals surface area (Å²) in [6, 6.07) is 3.40. The number of nitrogens with one attached hydrogen (secondary N) is 1. The number of amides is 2. The molecule has 0 saturated carbocycles. The van der Waals surface area contributed by atoms with Crippen LogP contribution in [-0.2, 0) is 0 Å². The molecule has 2 amide bonds. The van der Waals surface area contributed by atoms with Crippen molar-refractivity contribution in [1.29, 1.82) is 0 Å². The van der Waals surface area contributed by atoms with E-state index >= 15 is 0 Å². The molecule has 2 saturated heterocycles. The number of urea groups is 1. The van der Waals surface area contributed by atoms with Gasteiger partial charge in [0.15, 0.2) is 5.82 Å². The van der Waals surface area contributed by atoms with Crippen LogP contribution in [-0.4, -0.2) is 59.8 Å². The highest BCUT2D eigenvalue weighted by Gasteiger charge is 2.34. The van der Waals surface area contributed by atoms with Crippen LogP contribution in [0.4, 0.5) is 22.2 Å². The molecule has 0 unspecified atom stereocenters. The highest BCUT2D eigenvalue weighted by Crippen LogP contribution is 2.33. The van der Waals surface area contributed by atoms with E-state index in [9.17, 15) is 4.79 Å². The van der Waals surface area contributed by atoms with E-state index in [1.807, 2.05) is 26.2 Å². The Morgan fingerprint density at radius 2 is 2.07 bits per heavy atom. The van der Waals surface area contributed by atoms with Gasteiger partial charge in [-0.1, -0.05) is 0 Å². The maximum absolute atomic E-state index is 13.0. The first-order valence-corrected chi connectivity index (χ1v) is 9.42. The Morgan fingerprint density at radius 3 is 2.81 bits per heavy atom. The van der Waals surface area contributed by atoms with Gasteiger partial charge in [0.25, 0.3) is 11.8 Å². The lowest BCUT2D eigenvalue weighted by atomic mass is 10.2. The largest absolute Gasteiger partial charge is 0.355 e. The number of pyridine rings is 1. The quantitative estimate of drug-likeness (QED) is 0.883. The van der Waals surface area contributed by atoms with Crippen LogP contribution in [0.15, 0.2) is 22.9 Å². The first kappa shape index (κ1) is 17.6. The van der Waals surface area contributed by atoms with Crippen molar-refractivity contribution < 1.29 is 9.32 Å².